The minimum Gasteiger partial charge on any atom is -0.455 e. The summed E-state index contributed by atoms with van der Waals surface area (Å²) in [5, 5.41) is 9.78. The molecule has 9 aromatic carbocycles. The molecule has 0 spiro atoms. The third kappa shape index (κ3) is 4.71. The van der Waals surface area contributed by atoms with Gasteiger partial charge in [0.1, 0.15) is 11.2 Å². The van der Waals surface area contributed by atoms with Gasteiger partial charge in [-0.15, -0.1) is 11.3 Å². The first-order valence-corrected chi connectivity index (χ1v) is 18.8. The van der Waals surface area contributed by atoms with Crippen LogP contribution < -0.4 is 4.90 Å². The summed E-state index contributed by atoms with van der Waals surface area (Å²) in [5.74, 6) is 0. The quantitative estimate of drug-likeness (QED) is 0.167. The molecule has 0 saturated carbocycles. The Labute approximate surface area is 310 Å². The lowest BCUT2D eigenvalue weighted by molar-refractivity contribution is 0.670. The molecule has 0 aliphatic carbocycles. The zero-order valence-electron chi connectivity index (χ0n) is 28.7. The fraction of sp³-hybridized carbons (Fsp3) is 0. The first-order chi connectivity index (χ1) is 26.3. The second-order valence-electron chi connectivity index (χ2n) is 13.6. The average molecular weight is 694 g/mol. The predicted octanol–water partition coefficient (Wildman–Crippen LogP) is 15.1. The van der Waals surface area contributed by atoms with Gasteiger partial charge in [0.25, 0.3) is 0 Å². The lowest BCUT2D eigenvalue weighted by Gasteiger charge is -2.28. The molecule has 3 heteroatoms. The molecule has 2 heterocycles. The molecule has 53 heavy (non-hydrogen) atoms. The van der Waals surface area contributed by atoms with Gasteiger partial charge in [-0.25, -0.2) is 0 Å². The van der Waals surface area contributed by atoms with E-state index in [2.05, 4.69) is 181 Å². The van der Waals surface area contributed by atoms with Crippen LogP contribution in [0.5, 0.6) is 0 Å². The topological polar surface area (TPSA) is 16.4 Å². The van der Waals surface area contributed by atoms with Gasteiger partial charge in [-0.05, 0) is 69.2 Å². The summed E-state index contributed by atoms with van der Waals surface area (Å²) in [5.41, 5.74) is 9.91. The van der Waals surface area contributed by atoms with Crippen LogP contribution >= 0.6 is 11.3 Å². The van der Waals surface area contributed by atoms with Gasteiger partial charge < -0.3 is 9.32 Å². The zero-order valence-corrected chi connectivity index (χ0v) is 29.5. The van der Waals surface area contributed by atoms with E-state index in [9.17, 15) is 0 Å². The maximum absolute atomic E-state index is 6.46. The summed E-state index contributed by atoms with van der Waals surface area (Å²) in [6, 6.07) is 68.0. The molecule has 0 aliphatic heterocycles. The van der Waals surface area contributed by atoms with Gasteiger partial charge in [-0.2, -0.15) is 0 Å². The second-order valence-corrected chi connectivity index (χ2v) is 14.7. The van der Waals surface area contributed by atoms with Crippen LogP contribution in [0, 0.1) is 0 Å². The number of furan rings is 1. The van der Waals surface area contributed by atoms with Crippen molar-refractivity contribution < 1.29 is 4.42 Å². The standard InChI is InChI=1S/C50H31NOS/c1-2-13-32(14-3-1)37-29-30-44(50-48(37)43-20-9-11-24-47(43)53-50)51(45-31-34-15-4-5-16-36(34)39-17-6-7-18-40(39)45)35-27-25-33(26-28-35)38-21-12-22-42-41-19-8-10-23-46(41)52-49(38)42/h1-31H. The molecule has 2 aromatic heterocycles. The molecule has 2 nitrogen and oxygen atoms in total. The van der Waals surface area contributed by atoms with Crippen LogP contribution in [0.3, 0.4) is 0 Å². The van der Waals surface area contributed by atoms with Crippen molar-refractivity contribution in [2.24, 2.45) is 0 Å². The SMILES string of the molecule is c1ccc(-c2ccc(N(c3ccc(-c4cccc5c4oc4ccccc45)cc3)c3cc4ccccc4c4ccccc34)c3sc4ccccc4c23)cc1. The van der Waals surface area contributed by atoms with Crippen molar-refractivity contribution in [3.05, 3.63) is 188 Å². The van der Waals surface area contributed by atoms with Gasteiger partial charge in [0.15, 0.2) is 0 Å². The van der Waals surface area contributed by atoms with E-state index in [0.717, 1.165) is 50.1 Å². The van der Waals surface area contributed by atoms with E-state index in [1.165, 1.54) is 52.8 Å². The van der Waals surface area contributed by atoms with Crippen LogP contribution in [0.15, 0.2) is 192 Å². The summed E-state index contributed by atoms with van der Waals surface area (Å²) in [6.45, 7) is 0. The summed E-state index contributed by atoms with van der Waals surface area (Å²) >= 11 is 1.87. The largest absolute Gasteiger partial charge is 0.455 e. The molecule has 0 atom stereocenters. The highest BCUT2D eigenvalue weighted by atomic mass is 32.1. The van der Waals surface area contributed by atoms with Crippen LogP contribution in [-0.4, -0.2) is 0 Å². The summed E-state index contributed by atoms with van der Waals surface area (Å²) in [4.78, 5) is 2.48. The number of fused-ring (bicyclic) bond motifs is 9. The van der Waals surface area contributed by atoms with E-state index < -0.39 is 0 Å². The molecule has 11 rings (SSSR count). The first-order valence-electron chi connectivity index (χ1n) is 18.0. The Hall–Kier alpha value is -6.68. The third-order valence-electron chi connectivity index (χ3n) is 10.7. The highest BCUT2D eigenvalue weighted by Crippen LogP contribution is 2.50. The fourth-order valence-corrected chi connectivity index (χ4v) is 9.47. The molecule has 0 bridgehead atoms. The number of anilines is 3. The molecule has 0 N–H and O–H groups in total. The normalized spacial score (nSPS) is 11.8. The molecule has 0 radical (unpaired) electrons. The number of benzene rings is 9. The van der Waals surface area contributed by atoms with Gasteiger partial charge >= 0.3 is 0 Å². The number of hydrogen-bond donors (Lipinski definition) is 0. The van der Waals surface area contributed by atoms with Crippen molar-refractivity contribution in [2.75, 3.05) is 4.90 Å². The Bertz CT molecular complexity index is 3170. The summed E-state index contributed by atoms with van der Waals surface area (Å²) in [7, 11) is 0. The highest BCUT2D eigenvalue weighted by molar-refractivity contribution is 7.26. The van der Waals surface area contributed by atoms with E-state index in [1.807, 2.05) is 23.5 Å². The Balaban J connectivity index is 1.18. The third-order valence-corrected chi connectivity index (χ3v) is 11.9. The van der Waals surface area contributed by atoms with Crippen molar-refractivity contribution in [2.45, 2.75) is 0 Å². The smallest absolute Gasteiger partial charge is 0.143 e. The van der Waals surface area contributed by atoms with Crippen LogP contribution in [0.25, 0.3) is 85.9 Å². The lowest BCUT2D eigenvalue weighted by Crippen LogP contribution is -2.11. The molecule has 0 saturated heterocycles. The molecule has 0 aliphatic rings. The van der Waals surface area contributed by atoms with Gasteiger partial charge in [0, 0.05) is 42.9 Å². The first kappa shape index (κ1) is 30.0. The van der Waals surface area contributed by atoms with Crippen LogP contribution in [-0.2, 0) is 0 Å². The van der Waals surface area contributed by atoms with Gasteiger partial charge in [-0.1, -0.05) is 152 Å². The number of nitrogens with zero attached hydrogens (tertiary/aromatic N) is 1. The molecular weight excluding hydrogens is 663 g/mol. The van der Waals surface area contributed by atoms with Gasteiger partial charge in [0.2, 0.25) is 0 Å². The molecular formula is C50H31NOS. The van der Waals surface area contributed by atoms with Crippen molar-refractivity contribution in [1.29, 1.82) is 0 Å². The van der Waals surface area contributed by atoms with Gasteiger partial charge in [0.05, 0.1) is 16.1 Å². The monoisotopic (exact) mass is 693 g/mol. The highest BCUT2D eigenvalue weighted by Gasteiger charge is 2.23. The summed E-state index contributed by atoms with van der Waals surface area (Å²) in [6.07, 6.45) is 0. The van der Waals surface area contributed by atoms with E-state index in [1.54, 1.807) is 0 Å². The maximum Gasteiger partial charge on any atom is 0.143 e. The Morgan fingerprint density at radius 2 is 1.08 bits per heavy atom. The van der Waals surface area contributed by atoms with Crippen LogP contribution in [0.2, 0.25) is 0 Å². The van der Waals surface area contributed by atoms with Crippen LogP contribution in [0.4, 0.5) is 17.1 Å². The minimum atomic E-state index is 0.909. The average Bonchev–Trinajstić information content (AvgIpc) is 3.81. The number of rotatable bonds is 5. The molecule has 0 fully saturated rings. The van der Waals surface area contributed by atoms with Crippen molar-refractivity contribution >= 4 is 92.1 Å². The molecule has 248 valence electrons. The Morgan fingerprint density at radius 1 is 0.415 bits per heavy atom. The van der Waals surface area contributed by atoms with E-state index in [0.29, 0.717) is 0 Å². The summed E-state index contributed by atoms with van der Waals surface area (Å²) < 4.78 is 9.01. The Morgan fingerprint density at radius 3 is 1.92 bits per heavy atom. The number of para-hydroxylation sites is 2. The van der Waals surface area contributed by atoms with E-state index in [4.69, 9.17) is 4.42 Å². The number of hydrogen-bond acceptors (Lipinski definition) is 3. The molecule has 0 unspecified atom stereocenters. The van der Waals surface area contributed by atoms with Crippen LogP contribution in [0.1, 0.15) is 0 Å². The van der Waals surface area contributed by atoms with Crippen molar-refractivity contribution in [3.8, 4) is 22.3 Å². The lowest BCUT2D eigenvalue weighted by atomic mass is 9.96. The van der Waals surface area contributed by atoms with Crippen molar-refractivity contribution in [1.82, 2.24) is 0 Å². The van der Waals surface area contributed by atoms with E-state index in [-0.39, 0.29) is 0 Å². The van der Waals surface area contributed by atoms with Crippen molar-refractivity contribution in [3.63, 3.8) is 0 Å². The zero-order chi connectivity index (χ0) is 34.9. The Kier molecular flexibility index (Phi) is 6.76. The van der Waals surface area contributed by atoms with Gasteiger partial charge in [-0.3, -0.25) is 0 Å². The predicted molar refractivity (Wildman–Crippen MR) is 227 cm³/mol. The minimum absolute atomic E-state index is 0.909. The second kappa shape index (κ2) is 11.9. The maximum atomic E-state index is 6.46. The van der Waals surface area contributed by atoms with E-state index >= 15 is 0 Å². The molecule has 0 amide bonds. The fourth-order valence-electron chi connectivity index (χ4n) is 8.24. The number of thiophene rings is 1. The molecule has 11 aromatic rings.